The molecule has 1 aliphatic rings. The van der Waals surface area contributed by atoms with Crippen LogP contribution < -0.4 is 9.64 Å². The number of nitrogens with zero attached hydrogens (tertiary/aromatic N) is 4. The van der Waals surface area contributed by atoms with Gasteiger partial charge in [-0.3, -0.25) is 0 Å². The zero-order valence-electron chi connectivity index (χ0n) is 14.6. The summed E-state index contributed by atoms with van der Waals surface area (Å²) in [6.45, 7) is 2.33. The number of aliphatic hydroxyl groups is 1. The summed E-state index contributed by atoms with van der Waals surface area (Å²) >= 11 is 7.15. The molecule has 0 spiro atoms. The molecule has 140 valence electrons. The fourth-order valence-electron chi connectivity index (χ4n) is 2.68. The van der Waals surface area contributed by atoms with Crippen LogP contribution in [0.3, 0.4) is 0 Å². The number of benzene rings is 1. The number of hydrogen-bond acceptors (Lipinski definition) is 6. The van der Waals surface area contributed by atoms with Crippen molar-refractivity contribution in [2.75, 3.05) is 24.4 Å². The van der Waals surface area contributed by atoms with E-state index in [1.165, 1.54) is 26.7 Å². The molecule has 0 saturated carbocycles. The Morgan fingerprint density at radius 3 is 2.69 bits per heavy atom. The minimum Gasteiger partial charge on any atom is -0.483 e. The van der Waals surface area contributed by atoms with Gasteiger partial charge in [0.05, 0.1) is 6.54 Å². The van der Waals surface area contributed by atoms with Gasteiger partial charge < -0.3 is 14.7 Å². The molecule has 9 heteroatoms. The van der Waals surface area contributed by atoms with Crippen LogP contribution in [0.1, 0.15) is 30.0 Å². The number of aromatic nitrogens is 2. The summed E-state index contributed by atoms with van der Waals surface area (Å²) in [5.74, 6) is 1.13. The summed E-state index contributed by atoms with van der Waals surface area (Å²) in [4.78, 5) is 14.8. The lowest BCUT2D eigenvalue weighted by atomic mass is 10.2. The highest BCUT2D eigenvalue weighted by Crippen LogP contribution is 2.33. The number of aliphatic hydroxyl groups excluding tert-OH is 1. The standard InChI is InChI=1S/C17H21ClN4O3S/c1-3-11-4-6-12(7-5-11)25-13(8-9-18)15-19-20-16(26-15)22-14(23)10-21(2)17(22)24/h4-7,13-14,23H,3,8-10H2,1-2H3. The fraction of sp³-hybridized carbons (Fsp3) is 0.471. The van der Waals surface area contributed by atoms with Crippen LogP contribution in [0.25, 0.3) is 0 Å². The van der Waals surface area contributed by atoms with Gasteiger partial charge in [0.2, 0.25) is 5.13 Å². The Bertz CT molecular complexity index is 755. The average Bonchev–Trinajstić information content (AvgIpc) is 3.20. The van der Waals surface area contributed by atoms with Crippen LogP contribution in [-0.2, 0) is 6.42 Å². The van der Waals surface area contributed by atoms with Gasteiger partial charge in [-0.2, -0.15) is 0 Å². The molecule has 3 rings (SSSR count). The first-order chi connectivity index (χ1) is 12.5. The third-order valence-electron chi connectivity index (χ3n) is 4.16. The maximum absolute atomic E-state index is 12.2. The molecule has 2 heterocycles. The molecular weight excluding hydrogens is 376 g/mol. The number of likely N-dealkylation sites (N-methyl/N-ethyl adjacent to an activating group) is 1. The fourth-order valence-corrected chi connectivity index (χ4v) is 3.82. The molecular formula is C17H21ClN4O3S. The number of alkyl halides is 1. The van der Waals surface area contributed by atoms with Gasteiger partial charge in [0, 0.05) is 19.3 Å². The Hall–Kier alpha value is -1.90. The van der Waals surface area contributed by atoms with E-state index < -0.39 is 6.23 Å². The van der Waals surface area contributed by atoms with Crippen LogP contribution >= 0.6 is 22.9 Å². The van der Waals surface area contributed by atoms with Gasteiger partial charge in [-0.15, -0.1) is 21.8 Å². The molecule has 1 aromatic carbocycles. The Balaban J connectivity index is 1.78. The van der Waals surface area contributed by atoms with Crippen LogP contribution in [0.2, 0.25) is 0 Å². The number of rotatable bonds is 7. The number of β-amino-alcohol motifs (C(OH)–C–C–N with tert-alkyl or cyclic N) is 1. The van der Waals surface area contributed by atoms with E-state index in [4.69, 9.17) is 16.3 Å². The van der Waals surface area contributed by atoms with Crippen molar-refractivity contribution in [3.63, 3.8) is 0 Å². The predicted molar refractivity (Wildman–Crippen MR) is 101 cm³/mol. The lowest BCUT2D eigenvalue weighted by molar-refractivity contribution is 0.183. The number of carbonyl (C=O) groups is 1. The van der Waals surface area contributed by atoms with Crippen molar-refractivity contribution < 1.29 is 14.6 Å². The summed E-state index contributed by atoms with van der Waals surface area (Å²) < 4.78 is 6.04. The van der Waals surface area contributed by atoms with E-state index in [-0.39, 0.29) is 18.7 Å². The van der Waals surface area contributed by atoms with Gasteiger partial charge in [-0.25, -0.2) is 9.69 Å². The third kappa shape index (κ3) is 3.92. The van der Waals surface area contributed by atoms with Crippen LogP contribution in [0.15, 0.2) is 24.3 Å². The quantitative estimate of drug-likeness (QED) is 0.728. The Labute approximate surface area is 161 Å². The van der Waals surface area contributed by atoms with Crippen molar-refractivity contribution in [2.24, 2.45) is 0 Å². The number of hydrogen-bond donors (Lipinski definition) is 1. The van der Waals surface area contributed by atoms with E-state index in [1.54, 1.807) is 7.05 Å². The normalized spacial score (nSPS) is 18.5. The topological polar surface area (TPSA) is 78.8 Å². The number of urea groups is 1. The summed E-state index contributed by atoms with van der Waals surface area (Å²) in [7, 11) is 1.63. The number of halogens is 1. The monoisotopic (exact) mass is 396 g/mol. The molecule has 1 aliphatic heterocycles. The third-order valence-corrected chi connectivity index (χ3v) is 5.39. The summed E-state index contributed by atoms with van der Waals surface area (Å²) in [6, 6.07) is 7.59. The van der Waals surface area contributed by atoms with E-state index in [0.717, 1.165) is 12.2 Å². The zero-order chi connectivity index (χ0) is 18.7. The van der Waals surface area contributed by atoms with Gasteiger partial charge in [0.1, 0.15) is 5.75 Å². The minimum absolute atomic E-state index is 0.235. The molecule has 26 heavy (non-hydrogen) atoms. The molecule has 0 bridgehead atoms. The molecule has 0 aliphatic carbocycles. The number of anilines is 1. The molecule has 1 N–H and O–H groups in total. The first-order valence-electron chi connectivity index (χ1n) is 8.40. The molecule has 0 radical (unpaired) electrons. The minimum atomic E-state index is -0.928. The number of ether oxygens (including phenoxy) is 1. The number of amides is 2. The SMILES string of the molecule is CCc1ccc(OC(CCCl)c2nnc(N3C(=O)N(C)CC3O)s2)cc1. The van der Waals surface area contributed by atoms with E-state index in [2.05, 4.69) is 17.1 Å². The molecule has 2 amide bonds. The van der Waals surface area contributed by atoms with Gasteiger partial charge in [0.25, 0.3) is 0 Å². The number of aryl methyl sites for hydroxylation is 1. The lowest BCUT2D eigenvalue weighted by Gasteiger charge is -2.16. The molecule has 1 aromatic heterocycles. The first kappa shape index (κ1) is 18.9. The van der Waals surface area contributed by atoms with Crippen molar-refractivity contribution in [1.82, 2.24) is 15.1 Å². The van der Waals surface area contributed by atoms with Gasteiger partial charge in [0.15, 0.2) is 17.3 Å². The molecule has 2 unspecified atom stereocenters. The molecule has 2 atom stereocenters. The highest BCUT2D eigenvalue weighted by molar-refractivity contribution is 7.15. The van der Waals surface area contributed by atoms with Crippen molar-refractivity contribution in [2.45, 2.75) is 32.1 Å². The van der Waals surface area contributed by atoms with Crippen molar-refractivity contribution in [1.29, 1.82) is 0 Å². The van der Waals surface area contributed by atoms with Crippen molar-refractivity contribution in [3.05, 3.63) is 34.8 Å². The zero-order valence-corrected chi connectivity index (χ0v) is 16.2. The number of carbonyl (C=O) groups excluding carboxylic acids is 1. The van der Waals surface area contributed by atoms with Gasteiger partial charge in [-0.05, 0) is 24.1 Å². The maximum atomic E-state index is 12.2. The Kier molecular flexibility index (Phi) is 5.95. The van der Waals surface area contributed by atoms with E-state index in [0.29, 0.717) is 22.4 Å². The molecule has 1 saturated heterocycles. The Morgan fingerprint density at radius 1 is 1.38 bits per heavy atom. The second-order valence-corrected chi connectivity index (χ2v) is 7.38. The van der Waals surface area contributed by atoms with Gasteiger partial charge >= 0.3 is 6.03 Å². The smallest absolute Gasteiger partial charge is 0.328 e. The van der Waals surface area contributed by atoms with Crippen LogP contribution in [0.4, 0.5) is 9.93 Å². The summed E-state index contributed by atoms with van der Waals surface area (Å²) in [5.41, 5.74) is 1.23. The van der Waals surface area contributed by atoms with E-state index in [1.807, 2.05) is 24.3 Å². The maximum Gasteiger partial charge on any atom is 0.328 e. The van der Waals surface area contributed by atoms with Crippen LogP contribution in [0.5, 0.6) is 5.75 Å². The second-order valence-electron chi connectivity index (χ2n) is 6.02. The Morgan fingerprint density at radius 2 is 2.12 bits per heavy atom. The first-order valence-corrected chi connectivity index (χ1v) is 9.76. The van der Waals surface area contributed by atoms with Crippen LogP contribution in [-0.4, -0.2) is 51.9 Å². The highest BCUT2D eigenvalue weighted by Gasteiger charge is 2.37. The molecule has 7 nitrogen and oxygen atoms in total. The summed E-state index contributed by atoms with van der Waals surface area (Å²) in [6.07, 6.45) is 0.231. The van der Waals surface area contributed by atoms with Gasteiger partial charge in [-0.1, -0.05) is 30.4 Å². The average molecular weight is 397 g/mol. The molecule has 1 fully saturated rings. The van der Waals surface area contributed by atoms with Crippen molar-refractivity contribution in [3.8, 4) is 5.75 Å². The predicted octanol–water partition coefficient (Wildman–Crippen LogP) is 3.04. The van der Waals surface area contributed by atoms with Crippen molar-refractivity contribution >= 4 is 34.1 Å². The highest BCUT2D eigenvalue weighted by atomic mass is 35.5. The van der Waals surface area contributed by atoms with E-state index in [9.17, 15) is 9.90 Å². The second kappa shape index (κ2) is 8.20. The van der Waals surface area contributed by atoms with Crippen LogP contribution in [0, 0.1) is 0 Å². The molecule has 2 aromatic rings. The summed E-state index contributed by atoms with van der Waals surface area (Å²) in [5, 5.41) is 19.3. The van der Waals surface area contributed by atoms with E-state index >= 15 is 0 Å². The lowest BCUT2D eigenvalue weighted by Crippen LogP contribution is -2.34. The largest absolute Gasteiger partial charge is 0.483 e.